The van der Waals surface area contributed by atoms with Gasteiger partial charge >= 0.3 is 6.03 Å². The number of urea groups is 1. The molecule has 0 aliphatic rings. The summed E-state index contributed by atoms with van der Waals surface area (Å²) in [5, 5.41) is 20.8. The highest BCUT2D eigenvalue weighted by Crippen LogP contribution is 2.16. The maximum Gasteiger partial charge on any atom is 0.320 e. The molecule has 0 aliphatic carbocycles. The number of aromatic amines is 1. The minimum absolute atomic E-state index is 0.0562. The van der Waals surface area contributed by atoms with E-state index in [0.717, 1.165) is 22.6 Å². The van der Waals surface area contributed by atoms with Crippen LogP contribution in [-0.2, 0) is 6.42 Å². The second-order valence-electron chi connectivity index (χ2n) is 5.92. The van der Waals surface area contributed by atoms with Crippen LogP contribution in [0.15, 0.2) is 48.5 Å². The van der Waals surface area contributed by atoms with Gasteiger partial charge in [0, 0.05) is 23.7 Å². The molecule has 25 heavy (non-hydrogen) atoms. The number of carbonyl (C=O) groups excluding carboxylic acids is 1. The second-order valence-corrected chi connectivity index (χ2v) is 5.92. The molecule has 0 saturated carbocycles. The third-order valence-corrected chi connectivity index (χ3v) is 3.63. The van der Waals surface area contributed by atoms with E-state index < -0.39 is 0 Å². The molecule has 3 rings (SSSR count). The average molecular weight is 336 g/mol. The van der Waals surface area contributed by atoms with Crippen LogP contribution in [0.25, 0.3) is 11.3 Å². The van der Waals surface area contributed by atoms with E-state index >= 15 is 0 Å². The average Bonchev–Trinajstić information content (AvgIpc) is 3.01. The lowest BCUT2D eigenvalue weighted by molar-refractivity contribution is 0.249. The van der Waals surface area contributed by atoms with Crippen LogP contribution >= 0.6 is 0 Å². The molecule has 0 aliphatic heterocycles. The fourth-order valence-corrected chi connectivity index (χ4v) is 2.48. The molecule has 3 aromatic rings. The molecule has 2 heterocycles. The zero-order valence-corrected chi connectivity index (χ0v) is 14.2. The molecule has 7 heteroatoms. The lowest BCUT2D eigenvalue weighted by Gasteiger charge is -2.13. The number of aryl methyl sites for hydroxylation is 1. The number of anilines is 1. The Hall–Kier alpha value is -3.22. The SMILES string of the molecule is Cc1cc(C[C@H](C)NC(=O)Nc2ccc(-c3ccccc3)nn2)n[nH]1. The zero-order chi connectivity index (χ0) is 17.6. The van der Waals surface area contributed by atoms with Gasteiger partial charge in [-0.25, -0.2) is 4.79 Å². The molecule has 2 aromatic heterocycles. The first-order valence-corrected chi connectivity index (χ1v) is 8.08. The van der Waals surface area contributed by atoms with Gasteiger partial charge in [-0.3, -0.25) is 10.4 Å². The maximum absolute atomic E-state index is 12.1. The summed E-state index contributed by atoms with van der Waals surface area (Å²) < 4.78 is 0. The van der Waals surface area contributed by atoms with Crippen LogP contribution in [0.4, 0.5) is 10.6 Å². The first kappa shape index (κ1) is 16.6. The summed E-state index contributed by atoms with van der Waals surface area (Å²) in [6, 6.07) is 14.9. The summed E-state index contributed by atoms with van der Waals surface area (Å²) in [5.41, 5.74) is 3.65. The standard InChI is InChI=1S/C18H20N6O/c1-12(10-15-11-13(2)21-22-15)19-18(25)20-17-9-8-16(23-24-17)14-6-4-3-5-7-14/h3-9,11-12H,10H2,1-2H3,(H,21,22)(H2,19,20,24,25)/t12-/m0/s1. The molecule has 1 aromatic carbocycles. The molecule has 0 bridgehead atoms. The fraction of sp³-hybridized carbons (Fsp3) is 0.222. The van der Waals surface area contributed by atoms with Crippen molar-refractivity contribution in [2.45, 2.75) is 26.3 Å². The van der Waals surface area contributed by atoms with E-state index in [1.54, 1.807) is 6.07 Å². The normalized spacial score (nSPS) is 11.8. The van der Waals surface area contributed by atoms with Crippen LogP contribution in [0.3, 0.4) is 0 Å². The summed E-state index contributed by atoms with van der Waals surface area (Å²) in [7, 11) is 0. The fourth-order valence-electron chi connectivity index (χ4n) is 2.48. The largest absolute Gasteiger partial charge is 0.335 e. The van der Waals surface area contributed by atoms with E-state index in [1.165, 1.54) is 0 Å². The zero-order valence-electron chi connectivity index (χ0n) is 14.2. The van der Waals surface area contributed by atoms with Gasteiger partial charge in [0.25, 0.3) is 0 Å². The molecule has 128 valence electrons. The number of hydrogen-bond donors (Lipinski definition) is 3. The highest BCUT2D eigenvalue weighted by Gasteiger charge is 2.11. The van der Waals surface area contributed by atoms with Crippen molar-refractivity contribution in [3.8, 4) is 11.3 Å². The van der Waals surface area contributed by atoms with E-state index in [4.69, 9.17) is 0 Å². The van der Waals surface area contributed by atoms with Crippen molar-refractivity contribution < 1.29 is 4.79 Å². The van der Waals surface area contributed by atoms with Gasteiger partial charge in [0.15, 0.2) is 5.82 Å². The van der Waals surface area contributed by atoms with Crippen molar-refractivity contribution in [1.29, 1.82) is 0 Å². The molecule has 7 nitrogen and oxygen atoms in total. The topological polar surface area (TPSA) is 95.6 Å². The Morgan fingerprint density at radius 2 is 1.96 bits per heavy atom. The lowest BCUT2D eigenvalue weighted by Crippen LogP contribution is -2.37. The van der Waals surface area contributed by atoms with Gasteiger partial charge in [-0.15, -0.1) is 10.2 Å². The van der Waals surface area contributed by atoms with Crippen molar-refractivity contribution >= 4 is 11.8 Å². The summed E-state index contributed by atoms with van der Waals surface area (Å²) in [6.45, 7) is 3.87. The van der Waals surface area contributed by atoms with Gasteiger partial charge in [-0.05, 0) is 32.0 Å². The molecule has 0 unspecified atom stereocenters. The number of rotatable bonds is 5. The molecule has 0 spiro atoms. The van der Waals surface area contributed by atoms with Crippen LogP contribution in [0, 0.1) is 6.92 Å². The molecular formula is C18H20N6O. The minimum Gasteiger partial charge on any atom is -0.335 e. The van der Waals surface area contributed by atoms with Gasteiger partial charge < -0.3 is 5.32 Å². The molecule has 0 radical (unpaired) electrons. The van der Waals surface area contributed by atoms with E-state index in [0.29, 0.717) is 12.2 Å². The smallest absolute Gasteiger partial charge is 0.320 e. The van der Waals surface area contributed by atoms with Crippen LogP contribution in [0.1, 0.15) is 18.3 Å². The Bertz CT molecular complexity index is 828. The Morgan fingerprint density at radius 3 is 2.60 bits per heavy atom. The Labute approximate surface area is 145 Å². The van der Waals surface area contributed by atoms with Gasteiger partial charge in [0.1, 0.15) is 0 Å². The van der Waals surface area contributed by atoms with Crippen molar-refractivity contribution in [1.82, 2.24) is 25.7 Å². The summed E-state index contributed by atoms with van der Waals surface area (Å²) >= 11 is 0. The number of nitrogens with zero attached hydrogens (tertiary/aromatic N) is 3. The number of carbonyl (C=O) groups is 1. The number of nitrogens with one attached hydrogen (secondary N) is 3. The third kappa shape index (κ3) is 4.63. The van der Waals surface area contributed by atoms with E-state index in [1.807, 2.05) is 56.3 Å². The van der Waals surface area contributed by atoms with Crippen LogP contribution in [0.5, 0.6) is 0 Å². The van der Waals surface area contributed by atoms with Crippen molar-refractivity contribution in [2.24, 2.45) is 0 Å². The van der Waals surface area contributed by atoms with Crippen molar-refractivity contribution in [2.75, 3.05) is 5.32 Å². The summed E-state index contributed by atoms with van der Waals surface area (Å²) in [5.74, 6) is 0.403. The lowest BCUT2D eigenvalue weighted by atomic mass is 10.1. The van der Waals surface area contributed by atoms with Crippen LogP contribution in [0.2, 0.25) is 0 Å². The number of benzene rings is 1. The third-order valence-electron chi connectivity index (χ3n) is 3.63. The monoisotopic (exact) mass is 336 g/mol. The van der Waals surface area contributed by atoms with Crippen molar-refractivity contribution in [3.05, 3.63) is 59.9 Å². The van der Waals surface area contributed by atoms with E-state index in [-0.39, 0.29) is 12.1 Å². The number of H-pyrrole nitrogens is 1. The molecule has 0 fully saturated rings. The first-order chi connectivity index (χ1) is 12.1. The quantitative estimate of drug-likeness (QED) is 0.667. The van der Waals surface area contributed by atoms with Crippen molar-refractivity contribution in [3.63, 3.8) is 0 Å². The van der Waals surface area contributed by atoms with Crippen LogP contribution < -0.4 is 10.6 Å². The predicted octanol–water partition coefficient (Wildman–Crippen LogP) is 2.93. The highest BCUT2D eigenvalue weighted by molar-refractivity contribution is 5.88. The van der Waals surface area contributed by atoms with E-state index in [9.17, 15) is 4.79 Å². The molecule has 3 N–H and O–H groups in total. The predicted molar refractivity (Wildman–Crippen MR) is 96.1 cm³/mol. The maximum atomic E-state index is 12.1. The van der Waals surface area contributed by atoms with E-state index in [2.05, 4.69) is 31.0 Å². The van der Waals surface area contributed by atoms with Gasteiger partial charge in [-0.1, -0.05) is 30.3 Å². The Morgan fingerprint density at radius 1 is 1.16 bits per heavy atom. The molecule has 1 atom stereocenters. The number of amides is 2. The molecule has 2 amide bonds. The van der Waals surface area contributed by atoms with Gasteiger partial charge in [0.05, 0.1) is 11.4 Å². The molecule has 0 saturated heterocycles. The Kier molecular flexibility index (Phi) is 5.03. The van der Waals surface area contributed by atoms with Gasteiger partial charge in [0.2, 0.25) is 0 Å². The number of aromatic nitrogens is 4. The first-order valence-electron chi connectivity index (χ1n) is 8.08. The van der Waals surface area contributed by atoms with Gasteiger partial charge in [-0.2, -0.15) is 5.10 Å². The van der Waals surface area contributed by atoms with Crippen LogP contribution in [-0.4, -0.2) is 32.5 Å². The summed E-state index contributed by atoms with van der Waals surface area (Å²) in [4.78, 5) is 12.1. The minimum atomic E-state index is -0.318. The molecular weight excluding hydrogens is 316 g/mol. The highest BCUT2D eigenvalue weighted by atomic mass is 16.2. The Balaban J connectivity index is 1.54. The second kappa shape index (κ2) is 7.57. The summed E-state index contributed by atoms with van der Waals surface area (Å²) in [6.07, 6.45) is 0.649. The number of hydrogen-bond acceptors (Lipinski definition) is 4.